The van der Waals surface area contributed by atoms with Crippen LogP contribution in [0.1, 0.15) is 12.8 Å². The molecule has 0 bridgehead atoms. The molecule has 0 radical (unpaired) electrons. The third kappa shape index (κ3) is 7.43. The Morgan fingerprint density at radius 1 is 1.56 bits per heavy atom. The number of aliphatic hydroxyl groups excluding tert-OH is 1. The first kappa shape index (κ1) is 8.43. The van der Waals surface area contributed by atoms with Gasteiger partial charge in [-0.25, -0.2) is 0 Å². The molecule has 3 nitrogen and oxygen atoms in total. The van der Waals surface area contributed by atoms with Gasteiger partial charge in [-0.3, -0.25) is 0 Å². The van der Waals surface area contributed by atoms with Crippen molar-refractivity contribution in [1.29, 1.82) is 0 Å². The van der Waals surface area contributed by atoms with Gasteiger partial charge >= 0.3 is 0 Å². The second-order valence-electron chi connectivity index (χ2n) is 2.01. The summed E-state index contributed by atoms with van der Waals surface area (Å²) in [6.07, 6.45) is 3.46. The van der Waals surface area contributed by atoms with Gasteiger partial charge in [0.05, 0.1) is 0 Å². The molecule has 3 heteroatoms. The molecule has 54 valence electrons. The molecule has 0 fully saturated rings. The summed E-state index contributed by atoms with van der Waals surface area (Å²) in [6.45, 7) is 0.249. The van der Waals surface area contributed by atoms with Crippen LogP contribution >= 0.6 is 0 Å². The third-order valence-electron chi connectivity index (χ3n) is 0.804. The fourth-order valence-corrected chi connectivity index (χ4v) is 0.404. The first-order valence-electron chi connectivity index (χ1n) is 3.08. The molecule has 0 aromatic carbocycles. The van der Waals surface area contributed by atoms with Crippen molar-refractivity contribution in [1.82, 2.24) is 5.01 Å². The van der Waals surface area contributed by atoms with E-state index in [1.54, 1.807) is 11.2 Å². The monoisotopic (exact) mass is 130 g/mol. The minimum atomic E-state index is 0.249. The van der Waals surface area contributed by atoms with Crippen LogP contribution in [0.25, 0.3) is 0 Å². The summed E-state index contributed by atoms with van der Waals surface area (Å²) >= 11 is 0. The first-order chi connectivity index (χ1) is 4.27. The molecule has 0 aliphatic carbocycles. The quantitative estimate of drug-likeness (QED) is 0.337. The Balaban J connectivity index is 3.04. The van der Waals surface area contributed by atoms with Gasteiger partial charge in [-0.2, -0.15) is 5.10 Å². The highest BCUT2D eigenvalue weighted by Gasteiger charge is 1.79. The minimum absolute atomic E-state index is 0.249. The SMILES string of the molecule is CN(C)/N=C/CCCO. The maximum Gasteiger partial charge on any atom is 0.0434 e. The van der Waals surface area contributed by atoms with Crippen LogP contribution in [0.15, 0.2) is 5.10 Å². The average Bonchev–Trinajstić information content (AvgIpc) is 1.80. The van der Waals surface area contributed by atoms with Crippen LogP contribution in [0.5, 0.6) is 0 Å². The normalized spacial score (nSPS) is 10.6. The van der Waals surface area contributed by atoms with Crippen molar-refractivity contribution in [2.45, 2.75) is 12.8 Å². The Morgan fingerprint density at radius 2 is 2.22 bits per heavy atom. The van der Waals surface area contributed by atoms with Crippen molar-refractivity contribution in [2.24, 2.45) is 5.10 Å². The zero-order valence-corrected chi connectivity index (χ0v) is 6.04. The maximum absolute atomic E-state index is 8.36. The largest absolute Gasteiger partial charge is 0.396 e. The number of unbranched alkanes of at least 4 members (excludes halogenated alkanes) is 1. The Kier molecular flexibility index (Phi) is 5.21. The van der Waals surface area contributed by atoms with Crippen LogP contribution < -0.4 is 0 Å². The molecule has 0 spiro atoms. The summed E-state index contributed by atoms with van der Waals surface area (Å²) < 4.78 is 0. The lowest BCUT2D eigenvalue weighted by molar-refractivity contribution is 0.291. The number of hydrogen-bond acceptors (Lipinski definition) is 3. The molecule has 0 aromatic heterocycles. The highest BCUT2D eigenvalue weighted by atomic mass is 16.2. The lowest BCUT2D eigenvalue weighted by Gasteiger charge is -2.00. The van der Waals surface area contributed by atoms with Crippen LogP contribution in [0, 0.1) is 0 Å². The third-order valence-corrected chi connectivity index (χ3v) is 0.804. The van der Waals surface area contributed by atoms with Crippen LogP contribution in [0.2, 0.25) is 0 Å². The van der Waals surface area contributed by atoms with Gasteiger partial charge in [0, 0.05) is 26.9 Å². The summed E-state index contributed by atoms with van der Waals surface area (Å²) in [5.41, 5.74) is 0. The van der Waals surface area contributed by atoms with Gasteiger partial charge in [0.25, 0.3) is 0 Å². The van der Waals surface area contributed by atoms with Gasteiger partial charge in [0.15, 0.2) is 0 Å². The van der Waals surface area contributed by atoms with Crippen molar-refractivity contribution in [3.05, 3.63) is 0 Å². The molecule has 0 saturated heterocycles. The van der Waals surface area contributed by atoms with E-state index in [0.29, 0.717) is 0 Å². The fourth-order valence-electron chi connectivity index (χ4n) is 0.404. The molecular formula is C6H14N2O. The van der Waals surface area contributed by atoms with Gasteiger partial charge in [-0.05, 0) is 12.8 Å². The fraction of sp³-hybridized carbons (Fsp3) is 0.833. The van der Waals surface area contributed by atoms with Crippen LogP contribution in [-0.2, 0) is 0 Å². The molecule has 0 aliphatic rings. The molecule has 0 unspecified atom stereocenters. The Labute approximate surface area is 56.0 Å². The van der Waals surface area contributed by atoms with E-state index in [-0.39, 0.29) is 6.61 Å². The highest BCUT2D eigenvalue weighted by molar-refractivity contribution is 5.56. The zero-order chi connectivity index (χ0) is 7.11. The van der Waals surface area contributed by atoms with Crippen molar-refractivity contribution >= 4 is 6.21 Å². The van der Waals surface area contributed by atoms with E-state index in [1.807, 2.05) is 14.1 Å². The van der Waals surface area contributed by atoms with E-state index in [4.69, 9.17) is 5.11 Å². The standard InChI is InChI=1S/C6H14N2O/c1-8(2)7-5-3-4-6-9/h5,9H,3-4,6H2,1-2H3/b7-5+. The molecule has 0 aliphatic heterocycles. The number of nitrogens with zero attached hydrogens (tertiary/aromatic N) is 2. The smallest absolute Gasteiger partial charge is 0.0434 e. The van der Waals surface area contributed by atoms with Crippen LogP contribution in [0.3, 0.4) is 0 Å². The van der Waals surface area contributed by atoms with Crippen molar-refractivity contribution in [2.75, 3.05) is 20.7 Å². The number of rotatable bonds is 4. The van der Waals surface area contributed by atoms with Crippen molar-refractivity contribution in [3.63, 3.8) is 0 Å². The molecule has 0 atom stereocenters. The molecule has 0 saturated carbocycles. The van der Waals surface area contributed by atoms with Gasteiger partial charge in [-0.15, -0.1) is 0 Å². The molecule has 0 aromatic rings. The second kappa shape index (κ2) is 5.56. The van der Waals surface area contributed by atoms with E-state index >= 15 is 0 Å². The van der Waals surface area contributed by atoms with E-state index in [0.717, 1.165) is 12.8 Å². The molecule has 1 N–H and O–H groups in total. The average molecular weight is 130 g/mol. The highest BCUT2D eigenvalue weighted by Crippen LogP contribution is 1.82. The van der Waals surface area contributed by atoms with E-state index in [1.165, 1.54) is 0 Å². The lowest BCUT2D eigenvalue weighted by Crippen LogP contribution is -2.01. The van der Waals surface area contributed by atoms with Crippen molar-refractivity contribution in [3.8, 4) is 0 Å². The maximum atomic E-state index is 8.36. The summed E-state index contributed by atoms with van der Waals surface area (Å²) in [7, 11) is 3.74. The Hall–Kier alpha value is -0.570. The van der Waals surface area contributed by atoms with Crippen LogP contribution in [0.4, 0.5) is 0 Å². The van der Waals surface area contributed by atoms with Gasteiger partial charge in [-0.1, -0.05) is 0 Å². The number of hydrogen-bond donors (Lipinski definition) is 1. The molecule has 0 rings (SSSR count). The summed E-state index contributed by atoms with van der Waals surface area (Å²) in [4.78, 5) is 0. The molecule has 9 heavy (non-hydrogen) atoms. The molecule has 0 heterocycles. The second-order valence-corrected chi connectivity index (χ2v) is 2.01. The zero-order valence-electron chi connectivity index (χ0n) is 6.04. The number of aliphatic hydroxyl groups is 1. The Bertz CT molecular complexity index is 81.1. The predicted octanol–water partition coefficient (Wildman–Crippen LogP) is 0.306. The summed E-state index contributed by atoms with van der Waals surface area (Å²) in [5, 5.41) is 14.0. The summed E-state index contributed by atoms with van der Waals surface area (Å²) in [6, 6.07) is 0. The molecule has 0 amide bonds. The first-order valence-corrected chi connectivity index (χ1v) is 3.08. The van der Waals surface area contributed by atoms with Gasteiger partial charge < -0.3 is 10.1 Å². The Morgan fingerprint density at radius 3 is 2.67 bits per heavy atom. The van der Waals surface area contributed by atoms with Gasteiger partial charge in [0.1, 0.15) is 0 Å². The summed E-state index contributed by atoms with van der Waals surface area (Å²) in [5.74, 6) is 0. The van der Waals surface area contributed by atoms with E-state index in [2.05, 4.69) is 5.10 Å². The minimum Gasteiger partial charge on any atom is -0.396 e. The van der Waals surface area contributed by atoms with E-state index in [9.17, 15) is 0 Å². The number of hydrazone groups is 1. The molecular weight excluding hydrogens is 116 g/mol. The van der Waals surface area contributed by atoms with Crippen LogP contribution in [-0.4, -0.2) is 37.0 Å². The van der Waals surface area contributed by atoms with Crippen molar-refractivity contribution < 1.29 is 5.11 Å². The van der Waals surface area contributed by atoms with E-state index < -0.39 is 0 Å². The van der Waals surface area contributed by atoms with Gasteiger partial charge in [0.2, 0.25) is 0 Å². The lowest BCUT2D eigenvalue weighted by atomic mass is 10.3. The topological polar surface area (TPSA) is 35.8 Å². The predicted molar refractivity (Wildman–Crippen MR) is 38.5 cm³/mol.